The molecular formula is C6H13O8+. The van der Waals surface area contributed by atoms with Crippen molar-refractivity contribution in [2.24, 2.45) is 0 Å². The predicted octanol–water partition coefficient (Wildman–Crippen LogP) is -2.72. The van der Waals surface area contributed by atoms with Crippen molar-refractivity contribution in [3.05, 3.63) is 0 Å². The number of rotatable bonds is 2. The van der Waals surface area contributed by atoms with E-state index in [4.69, 9.17) is 25.8 Å². The standard InChI is InChI=1S/C6H13O8/c7-1-2-5(14(11)12)3(8)4(9)6(10)13-2/h2-12H,1H2/q+1/t2-,3-,4+,5-,6+/m1/s1. The van der Waals surface area contributed by atoms with Crippen LogP contribution in [0, 0.1) is 0 Å². The molecule has 0 aromatic rings. The van der Waals surface area contributed by atoms with Crippen LogP contribution in [0.5, 0.6) is 0 Å². The van der Waals surface area contributed by atoms with Crippen molar-refractivity contribution in [1.29, 1.82) is 0 Å². The van der Waals surface area contributed by atoms with Crippen molar-refractivity contribution in [3.63, 3.8) is 0 Å². The molecule has 5 atom stereocenters. The zero-order chi connectivity index (χ0) is 10.9. The van der Waals surface area contributed by atoms with E-state index in [1.165, 1.54) is 0 Å². The van der Waals surface area contributed by atoms with E-state index in [0.717, 1.165) is 0 Å². The molecule has 0 radical (unpaired) electrons. The molecule has 0 saturated carbocycles. The number of ether oxygens (including phenoxy) is 1. The van der Waals surface area contributed by atoms with Gasteiger partial charge in [-0.25, -0.2) is 0 Å². The second-order valence-electron chi connectivity index (χ2n) is 2.99. The Morgan fingerprint density at radius 2 is 1.64 bits per heavy atom. The predicted molar refractivity (Wildman–Crippen MR) is 40.1 cm³/mol. The van der Waals surface area contributed by atoms with Gasteiger partial charge in [0, 0.05) is 0 Å². The average molecular weight is 213 g/mol. The van der Waals surface area contributed by atoms with E-state index < -0.39 is 37.3 Å². The summed E-state index contributed by atoms with van der Waals surface area (Å²) in [6, 6.07) is 0. The Morgan fingerprint density at radius 3 is 2.07 bits per heavy atom. The SMILES string of the molecule is OC[C@H]1O[C@H](O)[C@@H](O)[C@@H](O)[C@@H]1[O+](O)O. The zero-order valence-electron chi connectivity index (χ0n) is 7.09. The largest absolute Gasteiger partial charge is 0.393 e. The topological polar surface area (TPSA) is 133 Å². The Bertz CT molecular complexity index is 183. The van der Waals surface area contributed by atoms with Gasteiger partial charge in [-0.1, -0.05) is 15.2 Å². The summed E-state index contributed by atoms with van der Waals surface area (Å²) in [6.45, 7) is -0.657. The lowest BCUT2D eigenvalue weighted by Gasteiger charge is -2.35. The summed E-state index contributed by atoms with van der Waals surface area (Å²) in [5.41, 5.74) is 0. The van der Waals surface area contributed by atoms with Gasteiger partial charge in [-0.05, 0) is 0 Å². The summed E-state index contributed by atoms with van der Waals surface area (Å²) in [7, 11) is 0. The summed E-state index contributed by atoms with van der Waals surface area (Å²) in [5.74, 6) is 0. The quantitative estimate of drug-likeness (QED) is 0.167. The molecular weight excluding hydrogens is 200 g/mol. The van der Waals surface area contributed by atoms with Crippen molar-refractivity contribution in [2.45, 2.75) is 30.7 Å². The molecule has 1 aliphatic heterocycles. The molecule has 1 rings (SSSR count). The molecule has 0 aliphatic carbocycles. The van der Waals surface area contributed by atoms with E-state index in [0.29, 0.717) is 4.67 Å². The maximum atomic E-state index is 9.30. The number of hydrogen-bond donors (Lipinski definition) is 6. The Hall–Kier alpha value is -0.320. The van der Waals surface area contributed by atoms with Gasteiger partial charge in [0.25, 0.3) is 6.10 Å². The second kappa shape index (κ2) is 4.47. The molecule has 8 nitrogen and oxygen atoms in total. The normalized spacial score (nSPS) is 44.4. The highest BCUT2D eigenvalue weighted by Gasteiger charge is 2.52. The highest BCUT2D eigenvalue weighted by Crippen LogP contribution is 2.23. The molecule has 0 bridgehead atoms. The Morgan fingerprint density at radius 1 is 1.07 bits per heavy atom. The molecule has 84 valence electrons. The van der Waals surface area contributed by atoms with Crippen LogP contribution < -0.4 is 0 Å². The highest BCUT2D eigenvalue weighted by molar-refractivity contribution is 4.89. The van der Waals surface area contributed by atoms with Gasteiger partial charge >= 0.3 is 0 Å². The molecule has 0 aromatic carbocycles. The Kier molecular flexibility index (Phi) is 3.75. The molecule has 14 heavy (non-hydrogen) atoms. The van der Waals surface area contributed by atoms with E-state index in [1.807, 2.05) is 0 Å². The number of hydrogen-bond acceptors (Lipinski definition) is 7. The molecule has 1 saturated heterocycles. The van der Waals surface area contributed by atoms with Crippen LogP contribution >= 0.6 is 0 Å². The van der Waals surface area contributed by atoms with Gasteiger partial charge in [-0.3, -0.25) is 0 Å². The zero-order valence-corrected chi connectivity index (χ0v) is 7.09. The third-order valence-electron chi connectivity index (χ3n) is 2.08. The van der Waals surface area contributed by atoms with Crippen molar-refractivity contribution in [1.82, 2.24) is 0 Å². The van der Waals surface area contributed by atoms with Gasteiger partial charge in [-0.15, -0.1) is 0 Å². The third kappa shape index (κ3) is 2.02. The average Bonchev–Trinajstić information content (AvgIpc) is 2.12. The second-order valence-corrected chi connectivity index (χ2v) is 2.99. The minimum absolute atomic E-state index is 0.430. The van der Waals surface area contributed by atoms with Crippen LogP contribution in [-0.4, -0.2) is 68.3 Å². The molecule has 0 aromatic heterocycles. The van der Waals surface area contributed by atoms with Crippen molar-refractivity contribution < 1.29 is 40.3 Å². The van der Waals surface area contributed by atoms with Crippen molar-refractivity contribution in [3.8, 4) is 0 Å². The summed E-state index contributed by atoms with van der Waals surface area (Å²) < 4.78 is 5.03. The van der Waals surface area contributed by atoms with Crippen LogP contribution in [0.2, 0.25) is 0 Å². The van der Waals surface area contributed by atoms with Crippen molar-refractivity contribution in [2.75, 3.05) is 6.61 Å². The lowest BCUT2D eigenvalue weighted by molar-refractivity contribution is -0.663. The number of aliphatic hydroxyl groups excluding tert-OH is 4. The highest BCUT2D eigenvalue weighted by atomic mass is 17.5. The lowest BCUT2D eigenvalue weighted by Crippen LogP contribution is -2.61. The lowest BCUT2D eigenvalue weighted by atomic mass is 9.99. The van der Waals surface area contributed by atoms with Gasteiger partial charge in [0.1, 0.15) is 6.10 Å². The first-order chi connectivity index (χ1) is 6.49. The summed E-state index contributed by atoms with van der Waals surface area (Å²) in [4.78, 5) is 0. The first-order valence-corrected chi connectivity index (χ1v) is 3.90. The van der Waals surface area contributed by atoms with E-state index in [1.54, 1.807) is 0 Å². The van der Waals surface area contributed by atoms with Crippen LogP contribution in [0.3, 0.4) is 0 Å². The van der Waals surface area contributed by atoms with E-state index >= 15 is 0 Å². The first-order valence-electron chi connectivity index (χ1n) is 3.90. The van der Waals surface area contributed by atoms with E-state index in [-0.39, 0.29) is 0 Å². The molecule has 1 fully saturated rings. The van der Waals surface area contributed by atoms with Gasteiger partial charge < -0.3 is 25.2 Å². The smallest absolute Gasteiger partial charge is 0.297 e. The summed E-state index contributed by atoms with van der Waals surface area (Å²) in [6.07, 6.45) is -7.77. The molecule has 0 amide bonds. The monoisotopic (exact) mass is 213 g/mol. The molecule has 6 N–H and O–H groups in total. The molecule has 0 spiro atoms. The minimum Gasteiger partial charge on any atom is -0.393 e. The fourth-order valence-corrected chi connectivity index (χ4v) is 1.33. The summed E-state index contributed by atoms with van der Waals surface area (Å²) in [5, 5.41) is 53.4. The Balaban J connectivity index is 2.78. The van der Waals surface area contributed by atoms with Crippen LogP contribution in [-0.2, 0) is 9.41 Å². The number of aliphatic hydroxyl groups is 4. The maximum absolute atomic E-state index is 9.30. The molecule has 1 aliphatic rings. The van der Waals surface area contributed by atoms with Crippen LogP contribution in [0.1, 0.15) is 0 Å². The van der Waals surface area contributed by atoms with E-state index in [9.17, 15) is 5.11 Å². The minimum atomic E-state index is -1.68. The van der Waals surface area contributed by atoms with E-state index in [2.05, 4.69) is 4.74 Å². The van der Waals surface area contributed by atoms with Gasteiger partial charge in [0.15, 0.2) is 18.5 Å². The maximum Gasteiger partial charge on any atom is 0.297 e. The Labute approximate surface area is 78.7 Å². The first kappa shape index (κ1) is 11.8. The third-order valence-corrected chi connectivity index (χ3v) is 2.08. The molecule has 0 unspecified atom stereocenters. The fourth-order valence-electron chi connectivity index (χ4n) is 1.33. The van der Waals surface area contributed by atoms with Gasteiger partial charge in [-0.2, -0.15) is 0 Å². The van der Waals surface area contributed by atoms with Crippen molar-refractivity contribution >= 4 is 0 Å². The van der Waals surface area contributed by atoms with Crippen LogP contribution in [0.4, 0.5) is 0 Å². The summed E-state index contributed by atoms with van der Waals surface area (Å²) >= 11 is 0. The van der Waals surface area contributed by atoms with Gasteiger partial charge in [0.05, 0.1) is 6.61 Å². The fraction of sp³-hybridized carbons (Fsp3) is 1.00. The van der Waals surface area contributed by atoms with Crippen LogP contribution in [0.25, 0.3) is 0 Å². The molecule has 8 heteroatoms. The van der Waals surface area contributed by atoms with Crippen LogP contribution in [0.15, 0.2) is 0 Å². The van der Waals surface area contributed by atoms with Gasteiger partial charge in [0.2, 0.25) is 0 Å². The molecule has 1 heterocycles.